The second-order valence-electron chi connectivity index (χ2n) is 4.24. The molecule has 1 heterocycles. The standard InChI is InChI=1S/C13H14FN3O2S/c1-9-3-2-4-13(16-9)17-20(18,19)12-7-10(8-15)5-6-11(12)14/h2-7H,8,15H2,1H3,(H,16,17). The Morgan fingerprint density at radius 3 is 2.70 bits per heavy atom. The van der Waals surface area contributed by atoms with Crippen LogP contribution in [0.1, 0.15) is 11.3 Å². The van der Waals surface area contributed by atoms with Crippen molar-refractivity contribution in [2.24, 2.45) is 5.73 Å². The first-order chi connectivity index (χ1) is 9.42. The first-order valence-electron chi connectivity index (χ1n) is 5.87. The minimum absolute atomic E-state index is 0.130. The molecule has 0 aliphatic heterocycles. The fourth-order valence-corrected chi connectivity index (χ4v) is 2.80. The van der Waals surface area contributed by atoms with Crippen LogP contribution in [0.5, 0.6) is 0 Å². The summed E-state index contributed by atoms with van der Waals surface area (Å²) in [5, 5.41) is 0. The molecule has 3 N–H and O–H groups in total. The summed E-state index contributed by atoms with van der Waals surface area (Å²) in [6.45, 7) is 1.86. The van der Waals surface area contributed by atoms with Gasteiger partial charge < -0.3 is 5.73 Å². The van der Waals surface area contributed by atoms with E-state index in [1.807, 2.05) is 0 Å². The Balaban J connectivity index is 2.40. The number of halogens is 1. The van der Waals surface area contributed by atoms with Gasteiger partial charge in [0.05, 0.1) is 0 Å². The fraction of sp³-hybridized carbons (Fsp3) is 0.154. The zero-order valence-corrected chi connectivity index (χ0v) is 11.6. The lowest BCUT2D eigenvalue weighted by atomic mass is 10.2. The van der Waals surface area contributed by atoms with E-state index in [1.165, 1.54) is 18.2 Å². The van der Waals surface area contributed by atoms with Crippen LogP contribution in [0.15, 0.2) is 41.3 Å². The Labute approximate surface area is 116 Å². The molecule has 1 aromatic heterocycles. The normalized spacial score (nSPS) is 11.3. The monoisotopic (exact) mass is 295 g/mol. The number of pyridine rings is 1. The van der Waals surface area contributed by atoms with E-state index < -0.39 is 20.7 Å². The number of nitrogens with zero attached hydrogens (tertiary/aromatic N) is 1. The molecule has 20 heavy (non-hydrogen) atoms. The third-order valence-corrected chi connectivity index (χ3v) is 4.02. The van der Waals surface area contributed by atoms with Crippen molar-refractivity contribution >= 4 is 15.8 Å². The summed E-state index contributed by atoms with van der Waals surface area (Å²) in [6.07, 6.45) is 0. The van der Waals surface area contributed by atoms with Gasteiger partial charge in [-0.05, 0) is 36.8 Å². The molecule has 0 aliphatic rings. The molecule has 1 aromatic carbocycles. The highest BCUT2D eigenvalue weighted by Gasteiger charge is 2.20. The molecule has 106 valence electrons. The quantitative estimate of drug-likeness (QED) is 0.900. The summed E-state index contributed by atoms with van der Waals surface area (Å²) < 4.78 is 40.3. The molecule has 0 bridgehead atoms. The largest absolute Gasteiger partial charge is 0.326 e. The van der Waals surface area contributed by atoms with E-state index >= 15 is 0 Å². The van der Waals surface area contributed by atoms with E-state index in [9.17, 15) is 12.8 Å². The summed E-state index contributed by atoms with van der Waals surface area (Å²) in [5.74, 6) is -0.690. The van der Waals surface area contributed by atoms with Crippen LogP contribution in [-0.2, 0) is 16.6 Å². The van der Waals surface area contributed by atoms with Crippen LogP contribution in [0.2, 0.25) is 0 Å². The van der Waals surface area contributed by atoms with Gasteiger partial charge in [-0.2, -0.15) is 0 Å². The number of benzene rings is 1. The number of hydrogen-bond donors (Lipinski definition) is 2. The number of nitrogens with two attached hydrogens (primary N) is 1. The number of nitrogens with one attached hydrogen (secondary N) is 1. The summed E-state index contributed by atoms with van der Waals surface area (Å²) in [6, 6.07) is 8.63. The van der Waals surface area contributed by atoms with Gasteiger partial charge in [0.2, 0.25) is 0 Å². The minimum Gasteiger partial charge on any atom is -0.326 e. The van der Waals surface area contributed by atoms with Gasteiger partial charge in [0, 0.05) is 12.2 Å². The smallest absolute Gasteiger partial charge is 0.265 e. The van der Waals surface area contributed by atoms with Crippen LogP contribution in [0.25, 0.3) is 0 Å². The zero-order chi connectivity index (χ0) is 14.8. The topological polar surface area (TPSA) is 85.1 Å². The van der Waals surface area contributed by atoms with Crippen LogP contribution in [0.4, 0.5) is 10.2 Å². The molecule has 0 saturated heterocycles. The fourth-order valence-electron chi connectivity index (χ4n) is 1.67. The van der Waals surface area contributed by atoms with Gasteiger partial charge in [0.15, 0.2) is 0 Å². The van der Waals surface area contributed by atoms with Crippen molar-refractivity contribution in [2.75, 3.05) is 4.72 Å². The number of aromatic nitrogens is 1. The lowest BCUT2D eigenvalue weighted by Gasteiger charge is -2.09. The van der Waals surface area contributed by atoms with Gasteiger partial charge in [-0.1, -0.05) is 12.1 Å². The molecular weight excluding hydrogens is 281 g/mol. The van der Waals surface area contributed by atoms with Crippen molar-refractivity contribution < 1.29 is 12.8 Å². The Morgan fingerprint density at radius 1 is 1.30 bits per heavy atom. The highest BCUT2D eigenvalue weighted by Crippen LogP contribution is 2.19. The third kappa shape index (κ3) is 3.12. The highest BCUT2D eigenvalue weighted by molar-refractivity contribution is 7.92. The molecule has 0 spiro atoms. The van der Waals surface area contributed by atoms with E-state index in [-0.39, 0.29) is 12.4 Å². The van der Waals surface area contributed by atoms with Crippen LogP contribution >= 0.6 is 0 Å². The van der Waals surface area contributed by atoms with Gasteiger partial charge in [0.25, 0.3) is 10.0 Å². The van der Waals surface area contributed by atoms with Gasteiger partial charge in [-0.3, -0.25) is 4.72 Å². The maximum absolute atomic E-state index is 13.7. The molecule has 0 atom stereocenters. The average molecular weight is 295 g/mol. The van der Waals surface area contributed by atoms with E-state index in [0.29, 0.717) is 11.3 Å². The van der Waals surface area contributed by atoms with E-state index in [2.05, 4.69) is 9.71 Å². The summed E-state index contributed by atoms with van der Waals surface area (Å²) >= 11 is 0. The predicted octanol–water partition coefficient (Wildman–Crippen LogP) is 1.79. The SMILES string of the molecule is Cc1cccc(NS(=O)(=O)c2cc(CN)ccc2F)n1. The first-order valence-corrected chi connectivity index (χ1v) is 7.35. The van der Waals surface area contributed by atoms with E-state index in [0.717, 1.165) is 6.07 Å². The van der Waals surface area contributed by atoms with Gasteiger partial charge in [0.1, 0.15) is 16.5 Å². The molecule has 0 unspecified atom stereocenters. The van der Waals surface area contributed by atoms with E-state index in [4.69, 9.17) is 5.73 Å². The van der Waals surface area contributed by atoms with Crippen molar-refractivity contribution in [1.82, 2.24) is 4.98 Å². The van der Waals surface area contributed by atoms with Crippen molar-refractivity contribution in [3.63, 3.8) is 0 Å². The van der Waals surface area contributed by atoms with Crippen molar-refractivity contribution in [1.29, 1.82) is 0 Å². The molecule has 2 aromatic rings. The maximum Gasteiger partial charge on any atom is 0.265 e. The lowest BCUT2D eigenvalue weighted by molar-refractivity contribution is 0.569. The summed E-state index contributed by atoms with van der Waals surface area (Å²) in [7, 11) is -4.04. The number of rotatable bonds is 4. The number of anilines is 1. The number of aryl methyl sites for hydroxylation is 1. The Hall–Kier alpha value is -1.99. The Kier molecular flexibility index (Phi) is 4.01. The number of hydrogen-bond acceptors (Lipinski definition) is 4. The van der Waals surface area contributed by atoms with Gasteiger partial charge in [-0.15, -0.1) is 0 Å². The summed E-state index contributed by atoms with van der Waals surface area (Å²) in [5.41, 5.74) is 6.62. The van der Waals surface area contributed by atoms with Gasteiger partial charge in [-0.25, -0.2) is 17.8 Å². The second kappa shape index (κ2) is 5.56. The zero-order valence-electron chi connectivity index (χ0n) is 10.8. The maximum atomic E-state index is 13.7. The molecule has 0 aliphatic carbocycles. The van der Waals surface area contributed by atoms with Crippen LogP contribution in [0.3, 0.4) is 0 Å². The molecule has 2 rings (SSSR count). The summed E-state index contributed by atoms with van der Waals surface area (Å²) in [4.78, 5) is 3.58. The molecule has 0 fully saturated rings. The lowest BCUT2D eigenvalue weighted by Crippen LogP contribution is -2.16. The van der Waals surface area contributed by atoms with Crippen LogP contribution < -0.4 is 10.5 Å². The van der Waals surface area contributed by atoms with Crippen molar-refractivity contribution in [2.45, 2.75) is 18.4 Å². The molecule has 0 saturated carbocycles. The Bertz CT molecular complexity index is 732. The molecular formula is C13H14FN3O2S. The molecule has 0 radical (unpaired) electrons. The predicted molar refractivity (Wildman–Crippen MR) is 74.1 cm³/mol. The van der Waals surface area contributed by atoms with Crippen molar-refractivity contribution in [3.8, 4) is 0 Å². The average Bonchev–Trinajstić information content (AvgIpc) is 2.38. The van der Waals surface area contributed by atoms with Crippen molar-refractivity contribution in [3.05, 3.63) is 53.5 Å². The molecule has 7 heteroatoms. The van der Waals surface area contributed by atoms with Crippen LogP contribution in [-0.4, -0.2) is 13.4 Å². The highest BCUT2D eigenvalue weighted by atomic mass is 32.2. The second-order valence-corrected chi connectivity index (χ2v) is 5.89. The van der Waals surface area contributed by atoms with Gasteiger partial charge >= 0.3 is 0 Å². The Morgan fingerprint density at radius 2 is 2.05 bits per heavy atom. The molecule has 0 amide bonds. The molecule has 5 nitrogen and oxygen atoms in total. The number of sulfonamides is 1. The van der Waals surface area contributed by atoms with E-state index in [1.54, 1.807) is 19.1 Å². The first kappa shape index (κ1) is 14.4. The third-order valence-electron chi connectivity index (χ3n) is 2.65. The van der Waals surface area contributed by atoms with Crippen LogP contribution in [0, 0.1) is 12.7 Å². The minimum atomic E-state index is -4.04.